The average Bonchev–Trinajstić information content (AvgIpc) is 2.80. The van der Waals surface area contributed by atoms with E-state index in [1.165, 1.54) is 12.1 Å². The summed E-state index contributed by atoms with van der Waals surface area (Å²) in [5.74, 6) is 1.28. The third kappa shape index (κ3) is 5.63. The van der Waals surface area contributed by atoms with Crippen LogP contribution in [0.15, 0.2) is 72.9 Å². The van der Waals surface area contributed by atoms with Gasteiger partial charge in [0, 0.05) is 30.2 Å². The molecule has 0 fully saturated rings. The summed E-state index contributed by atoms with van der Waals surface area (Å²) >= 11 is 0. The monoisotopic (exact) mass is 417 g/mol. The molecule has 0 aliphatic carbocycles. The maximum Gasteiger partial charge on any atom is 0.233 e. The topological polar surface area (TPSA) is 96.9 Å². The zero-order valence-electron chi connectivity index (χ0n) is 16.7. The molecule has 2 aromatic heterocycles. The van der Waals surface area contributed by atoms with Crippen LogP contribution in [-0.2, 0) is 6.54 Å². The first-order valence-electron chi connectivity index (χ1n) is 9.51. The molecule has 0 aliphatic heterocycles. The first kappa shape index (κ1) is 20.0. The van der Waals surface area contributed by atoms with Gasteiger partial charge in [-0.1, -0.05) is 24.3 Å². The molecule has 3 N–H and O–H groups in total. The van der Waals surface area contributed by atoms with Crippen LogP contribution in [0.1, 0.15) is 5.56 Å². The second kappa shape index (κ2) is 9.49. The van der Waals surface area contributed by atoms with Crippen LogP contribution in [0.2, 0.25) is 0 Å². The summed E-state index contributed by atoms with van der Waals surface area (Å²) in [6.07, 6.45) is 1.72. The van der Waals surface area contributed by atoms with E-state index in [0.717, 1.165) is 11.3 Å². The first-order chi connectivity index (χ1) is 15.2. The quantitative estimate of drug-likeness (QED) is 0.385. The fourth-order valence-corrected chi connectivity index (χ4v) is 2.70. The molecule has 4 rings (SSSR count). The van der Waals surface area contributed by atoms with E-state index in [-0.39, 0.29) is 5.82 Å². The molecule has 0 bridgehead atoms. The number of nitrogens with one attached hydrogen (secondary N) is 3. The summed E-state index contributed by atoms with van der Waals surface area (Å²) in [5.41, 5.74) is 2.43. The van der Waals surface area contributed by atoms with Crippen molar-refractivity contribution in [1.29, 1.82) is 0 Å². The Morgan fingerprint density at radius 1 is 0.774 bits per heavy atom. The number of pyridine rings is 1. The number of para-hydroxylation sites is 1. The van der Waals surface area contributed by atoms with Crippen molar-refractivity contribution in [3.05, 3.63) is 84.3 Å². The van der Waals surface area contributed by atoms with Crippen molar-refractivity contribution < 1.29 is 9.13 Å². The highest BCUT2D eigenvalue weighted by Crippen LogP contribution is 2.19. The predicted molar refractivity (Wildman–Crippen MR) is 117 cm³/mol. The van der Waals surface area contributed by atoms with Crippen molar-refractivity contribution in [2.75, 3.05) is 23.1 Å². The zero-order valence-corrected chi connectivity index (χ0v) is 16.7. The molecule has 0 saturated carbocycles. The van der Waals surface area contributed by atoms with Crippen LogP contribution in [0.3, 0.4) is 0 Å². The molecular weight excluding hydrogens is 397 g/mol. The lowest BCUT2D eigenvalue weighted by atomic mass is 10.3. The normalized spacial score (nSPS) is 10.4. The molecule has 4 aromatic rings. The average molecular weight is 417 g/mol. The molecule has 0 unspecified atom stereocenters. The maximum absolute atomic E-state index is 13.2. The van der Waals surface area contributed by atoms with Crippen LogP contribution in [0, 0.1) is 5.82 Å². The van der Waals surface area contributed by atoms with Crippen molar-refractivity contribution in [2.45, 2.75) is 6.54 Å². The number of rotatable bonds is 8. The second-order valence-corrected chi connectivity index (χ2v) is 6.49. The Bertz CT molecular complexity index is 1120. The molecule has 31 heavy (non-hydrogen) atoms. The van der Waals surface area contributed by atoms with Crippen molar-refractivity contribution in [1.82, 2.24) is 19.9 Å². The van der Waals surface area contributed by atoms with E-state index in [9.17, 15) is 4.39 Å². The van der Waals surface area contributed by atoms with Gasteiger partial charge < -0.3 is 20.7 Å². The van der Waals surface area contributed by atoms with E-state index < -0.39 is 0 Å². The Hall–Kier alpha value is -4.27. The first-order valence-corrected chi connectivity index (χ1v) is 9.51. The minimum absolute atomic E-state index is 0.315. The van der Waals surface area contributed by atoms with Gasteiger partial charge >= 0.3 is 0 Å². The molecule has 0 saturated heterocycles. The van der Waals surface area contributed by atoms with Gasteiger partial charge in [-0.15, -0.1) is 0 Å². The van der Waals surface area contributed by atoms with Gasteiger partial charge in [-0.05, 0) is 42.0 Å². The number of halogens is 1. The van der Waals surface area contributed by atoms with E-state index in [4.69, 9.17) is 4.74 Å². The second-order valence-electron chi connectivity index (χ2n) is 6.49. The number of nitrogens with zero attached hydrogens (tertiary/aromatic N) is 4. The number of ether oxygens (including phenoxy) is 1. The van der Waals surface area contributed by atoms with Gasteiger partial charge in [0.05, 0.1) is 7.11 Å². The lowest BCUT2D eigenvalue weighted by Crippen LogP contribution is -2.09. The Labute approximate surface area is 178 Å². The third-order valence-electron chi connectivity index (χ3n) is 4.22. The summed E-state index contributed by atoms with van der Waals surface area (Å²) < 4.78 is 18.3. The number of benzene rings is 2. The van der Waals surface area contributed by atoms with E-state index in [1.54, 1.807) is 31.5 Å². The number of aromatic nitrogens is 4. The molecule has 156 valence electrons. The summed E-state index contributed by atoms with van der Waals surface area (Å²) in [6.45, 7) is 0.460. The SMILES string of the molecule is COc1ccc(CNc2nc(Nc3ccccc3)nc(Nc3ccc(F)cc3)n2)cn1. The molecule has 2 heterocycles. The summed E-state index contributed by atoms with van der Waals surface area (Å²) in [6, 6.07) is 19.2. The Balaban J connectivity index is 1.55. The Morgan fingerprint density at radius 3 is 2.03 bits per heavy atom. The molecule has 0 atom stereocenters. The molecule has 8 nitrogen and oxygen atoms in total. The van der Waals surface area contributed by atoms with Gasteiger partial charge in [0.15, 0.2) is 0 Å². The molecule has 2 aromatic carbocycles. The van der Waals surface area contributed by atoms with Crippen LogP contribution in [0.5, 0.6) is 5.88 Å². The molecular formula is C22H20FN7O. The van der Waals surface area contributed by atoms with Crippen LogP contribution in [0.25, 0.3) is 0 Å². The van der Waals surface area contributed by atoms with Gasteiger partial charge in [0.2, 0.25) is 23.7 Å². The van der Waals surface area contributed by atoms with E-state index in [2.05, 4.69) is 35.9 Å². The Morgan fingerprint density at radius 2 is 1.42 bits per heavy atom. The fraction of sp³-hybridized carbons (Fsp3) is 0.0909. The highest BCUT2D eigenvalue weighted by molar-refractivity contribution is 5.59. The molecule has 0 spiro atoms. The zero-order chi connectivity index (χ0) is 21.5. The van der Waals surface area contributed by atoms with Crippen LogP contribution >= 0.6 is 0 Å². The van der Waals surface area contributed by atoms with Crippen molar-refractivity contribution in [2.24, 2.45) is 0 Å². The molecule has 9 heteroatoms. The van der Waals surface area contributed by atoms with E-state index >= 15 is 0 Å². The number of hydrogen-bond donors (Lipinski definition) is 3. The van der Waals surface area contributed by atoms with Crippen LogP contribution in [0.4, 0.5) is 33.6 Å². The lowest BCUT2D eigenvalue weighted by Gasteiger charge is -2.11. The minimum atomic E-state index is -0.317. The number of hydrogen-bond acceptors (Lipinski definition) is 8. The van der Waals surface area contributed by atoms with E-state index in [0.29, 0.717) is 36.0 Å². The summed E-state index contributed by atoms with van der Waals surface area (Å²) in [7, 11) is 1.57. The smallest absolute Gasteiger partial charge is 0.233 e. The van der Waals surface area contributed by atoms with Gasteiger partial charge in [-0.25, -0.2) is 9.37 Å². The van der Waals surface area contributed by atoms with Gasteiger partial charge in [0.25, 0.3) is 0 Å². The number of methoxy groups -OCH3 is 1. The third-order valence-corrected chi connectivity index (χ3v) is 4.22. The highest BCUT2D eigenvalue weighted by Gasteiger charge is 2.08. The van der Waals surface area contributed by atoms with Crippen LogP contribution in [-0.4, -0.2) is 27.0 Å². The van der Waals surface area contributed by atoms with Gasteiger partial charge in [-0.3, -0.25) is 0 Å². The fourth-order valence-electron chi connectivity index (χ4n) is 2.70. The Kier molecular flexibility index (Phi) is 6.13. The molecule has 0 aliphatic rings. The van der Waals surface area contributed by atoms with Gasteiger partial charge in [-0.2, -0.15) is 15.0 Å². The maximum atomic E-state index is 13.2. The van der Waals surface area contributed by atoms with Gasteiger partial charge in [0.1, 0.15) is 5.82 Å². The van der Waals surface area contributed by atoms with Crippen molar-refractivity contribution in [3.63, 3.8) is 0 Å². The lowest BCUT2D eigenvalue weighted by molar-refractivity contribution is 0.397. The van der Waals surface area contributed by atoms with Crippen molar-refractivity contribution >= 4 is 29.2 Å². The standard InChI is InChI=1S/C22H20FN7O/c1-31-19-12-7-15(13-24-19)14-25-20-28-21(26-17-5-3-2-4-6-17)30-22(29-20)27-18-10-8-16(23)9-11-18/h2-13H,14H2,1H3,(H3,25,26,27,28,29,30). The summed E-state index contributed by atoms with van der Waals surface area (Å²) in [4.78, 5) is 17.5. The van der Waals surface area contributed by atoms with Crippen molar-refractivity contribution in [3.8, 4) is 5.88 Å². The highest BCUT2D eigenvalue weighted by atomic mass is 19.1. The molecule has 0 radical (unpaired) electrons. The minimum Gasteiger partial charge on any atom is -0.481 e. The molecule has 0 amide bonds. The summed E-state index contributed by atoms with van der Waals surface area (Å²) in [5, 5.41) is 9.41. The predicted octanol–water partition coefficient (Wildman–Crippen LogP) is 4.51. The largest absolute Gasteiger partial charge is 0.481 e. The number of anilines is 5. The van der Waals surface area contributed by atoms with Crippen LogP contribution < -0.4 is 20.7 Å². The van der Waals surface area contributed by atoms with E-state index in [1.807, 2.05) is 36.4 Å².